The van der Waals surface area contributed by atoms with Crippen LogP contribution in [0.2, 0.25) is 0 Å². The average molecular weight is 340 g/mol. The van der Waals surface area contributed by atoms with Crippen molar-refractivity contribution in [3.8, 4) is 0 Å². The quantitative estimate of drug-likeness (QED) is 0.852. The Balaban J connectivity index is 1.46. The fraction of sp³-hybridized carbons (Fsp3) is 0.333. The molecule has 1 nitrogen and oxygen atoms in total. The lowest BCUT2D eigenvalue weighted by Gasteiger charge is -2.36. The van der Waals surface area contributed by atoms with Gasteiger partial charge in [0, 0.05) is 27.3 Å². The van der Waals surface area contributed by atoms with Gasteiger partial charge in [-0.25, -0.2) is 4.39 Å². The monoisotopic (exact) mass is 339 g/mol. The smallest absolute Gasteiger partial charge is 0.123 e. The van der Waals surface area contributed by atoms with Crippen molar-refractivity contribution in [2.75, 3.05) is 0 Å². The maximum Gasteiger partial charge on any atom is 0.123 e. The maximum atomic E-state index is 12.8. The van der Waals surface area contributed by atoms with E-state index in [1.54, 1.807) is 23.5 Å². The van der Waals surface area contributed by atoms with Crippen LogP contribution >= 0.6 is 27.3 Å². The van der Waals surface area contributed by atoms with E-state index in [2.05, 4.69) is 32.7 Å². The van der Waals surface area contributed by atoms with E-state index in [-0.39, 0.29) is 5.82 Å². The summed E-state index contributed by atoms with van der Waals surface area (Å²) in [6.07, 6.45) is 2.30. The highest BCUT2D eigenvalue weighted by Gasteiger charge is 2.29. The molecule has 1 heterocycles. The summed E-state index contributed by atoms with van der Waals surface area (Å²) in [7, 11) is 0. The van der Waals surface area contributed by atoms with Gasteiger partial charge in [-0.1, -0.05) is 12.1 Å². The second kappa shape index (κ2) is 5.73. The first-order valence-corrected chi connectivity index (χ1v) is 8.10. The summed E-state index contributed by atoms with van der Waals surface area (Å²) in [6, 6.07) is 9.68. The standard InChI is InChI=1S/C15H15BrFNS/c16-12-7-15(19-9-12)8-18-14-5-11(6-14)10-1-3-13(17)4-2-10/h1-4,7,9,11,14,18H,5-6,8H2. The molecule has 0 saturated heterocycles. The molecule has 1 saturated carbocycles. The van der Waals surface area contributed by atoms with Crippen LogP contribution in [0, 0.1) is 5.82 Å². The number of thiophene rings is 1. The van der Waals surface area contributed by atoms with Gasteiger partial charge < -0.3 is 5.32 Å². The Hall–Kier alpha value is -0.710. The van der Waals surface area contributed by atoms with Crippen molar-refractivity contribution in [3.63, 3.8) is 0 Å². The van der Waals surface area contributed by atoms with Crippen LogP contribution in [0.1, 0.15) is 29.2 Å². The summed E-state index contributed by atoms with van der Waals surface area (Å²) in [4.78, 5) is 1.36. The zero-order chi connectivity index (χ0) is 13.2. The third-order valence-corrected chi connectivity index (χ3v) is 5.36. The van der Waals surface area contributed by atoms with Gasteiger partial charge in [0.25, 0.3) is 0 Å². The topological polar surface area (TPSA) is 12.0 Å². The molecule has 1 aromatic carbocycles. The first kappa shape index (κ1) is 13.3. The van der Waals surface area contributed by atoms with Crippen molar-refractivity contribution in [2.45, 2.75) is 31.3 Å². The second-order valence-electron chi connectivity index (χ2n) is 5.03. The molecule has 19 heavy (non-hydrogen) atoms. The molecule has 0 unspecified atom stereocenters. The molecule has 2 aromatic rings. The Morgan fingerprint density at radius 2 is 2.00 bits per heavy atom. The third kappa shape index (κ3) is 3.25. The molecule has 0 atom stereocenters. The first-order chi connectivity index (χ1) is 9.20. The van der Waals surface area contributed by atoms with Gasteiger partial charge >= 0.3 is 0 Å². The van der Waals surface area contributed by atoms with Crippen LogP contribution < -0.4 is 5.32 Å². The Bertz CT molecular complexity index is 546. The van der Waals surface area contributed by atoms with Crippen LogP contribution in [0.25, 0.3) is 0 Å². The average Bonchev–Trinajstić information content (AvgIpc) is 2.75. The van der Waals surface area contributed by atoms with Gasteiger partial charge in [-0.05, 0) is 58.5 Å². The van der Waals surface area contributed by atoms with E-state index < -0.39 is 0 Å². The highest BCUT2D eigenvalue weighted by Crippen LogP contribution is 2.37. The molecule has 0 bridgehead atoms. The van der Waals surface area contributed by atoms with E-state index in [1.807, 2.05) is 12.1 Å². The van der Waals surface area contributed by atoms with Crippen molar-refractivity contribution < 1.29 is 4.39 Å². The summed E-state index contributed by atoms with van der Waals surface area (Å²) in [5, 5.41) is 5.69. The zero-order valence-corrected chi connectivity index (χ0v) is 12.8. The normalized spacial score (nSPS) is 22.2. The molecule has 0 amide bonds. The molecule has 0 aliphatic heterocycles. The Morgan fingerprint density at radius 3 is 2.63 bits per heavy atom. The van der Waals surface area contributed by atoms with Gasteiger partial charge in [0.15, 0.2) is 0 Å². The first-order valence-electron chi connectivity index (χ1n) is 6.42. The van der Waals surface area contributed by atoms with Gasteiger partial charge in [0.2, 0.25) is 0 Å². The van der Waals surface area contributed by atoms with Crippen molar-refractivity contribution >= 4 is 27.3 Å². The van der Waals surface area contributed by atoms with Crippen LogP contribution in [-0.2, 0) is 6.54 Å². The van der Waals surface area contributed by atoms with Gasteiger partial charge in [-0.3, -0.25) is 0 Å². The van der Waals surface area contributed by atoms with Crippen LogP contribution in [0.15, 0.2) is 40.2 Å². The molecule has 1 aliphatic rings. The molecule has 0 radical (unpaired) electrons. The lowest BCUT2D eigenvalue weighted by Crippen LogP contribution is -2.39. The third-order valence-electron chi connectivity index (χ3n) is 3.67. The predicted octanol–water partition coefficient (Wildman–Crippen LogP) is 4.69. The largest absolute Gasteiger partial charge is 0.309 e. The van der Waals surface area contributed by atoms with Crippen molar-refractivity contribution in [3.05, 3.63) is 56.4 Å². The number of halogens is 2. The summed E-state index contributed by atoms with van der Waals surface area (Å²) < 4.78 is 14.0. The van der Waals surface area contributed by atoms with E-state index in [0.29, 0.717) is 12.0 Å². The van der Waals surface area contributed by atoms with Gasteiger partial charge in [0.05, 0.1) is 0 Å². The molecular weight excluding hydrogens is 325 g/mol. The summed E-state index contributed by atoms with van der Waals surface area (Å²) >= 11 is 5.24. The van der Waals surface area contributed by atoms with Crippen molar-refractivity contribution in [1.82, 2.24) is 5.32 Å². The SMILES string of the molecule is Fc1ccc(C2CC(NCc3cc(Br)cs3)C2)cc1. The van der Waals surface area contributed by atoms with E-state index in [0.717, 1.165) is 23.9 Å². The van der Waals surface area contributed by atoms with Crippen LogP contribution in [0.5, 0.6) is 0 Å². The van der Waals surface area contributed by atoms with Crippen LogP contribution in [-0.4, -0.2) is 6.04 Å². The fourth-order valence-corrected chi connectivity index (χ4v) is 3.88. The molecule has 0 spiro atoms. The minimum atomic E-state index is -0.152. The second-order valence-corrected chi connectivity index (χ2v) is 6.94. The molecule has 100 valence electrons. The fourth-order valence-electron chi connectivity index (χ4n) is 2.48. The van der Waals surface area contributed by atoms with E-state index in [1.165, 1.54) is 10.4 Å². The molecule has 1 N–H and O–H groups in total. The van der Waals surface area contributed by atoms with E-state index in [4.69, 9.17) is 0 Å². The van der Waals surface area contributed by atoms with Gasteiger partial charge in [-0.15, -0.1) is 11.3 Å². The van der Waals surface area contributed by atoms with Gasteiger partial charge in [-0.2, -0.15) is 0 Å². The zero-order valence-electron chi connectivity index (χ0n) is 10.4. The summed E-state index contributed by atoms with van der Waals surface area (Å²) in [5.41, 5.74) is 1.26. The predicted molar refractivity (Wildman–Crippen MR) is 81.0 cm³/mol. The van der Waals surface area contributed by atoms with E-state index >= 15 is 0 Å². The Labute approximate surface area is 125 Å². The summed E-state index contributed by atoms with van der Waals surface area (Å²) in [6.45, 7) is 0.942. The number of rotatable bonds is 4. The minimum Gasteiger partial charge on any atom is -0.309 e. The molecule has 1 fully saturated rings. The van der Waals surface area contributed by atoms with Crippen LogP contribution in [0.3, 0.4) is 0 Å². The Kier molecular flexibility index (Phi) is 4.01. The molecule has 3 rings (SSSR count). The highest BCUT2D eigenvalue weighted by atomic mass is 79.9. The van der Waals surface area contributed by atoms with Gasteiger partial charge in [0.1, 0.15) is 5.82 Å². The number of benzene rings is 1. The van der Waals surface area contributed by atoms with E-state index in [9.17, 15) is 4.39 Å². The lowest BCUT2D eigenvalue weighted by molar-refractivity contribution is 0.290. The summed E-state index contributed by atoms with van der Waals surface area (Å²) in [5.74, 6) is 0.439. The number of hydrogen-bond acceptors (Lipinski definition) is 2. The molecular formula is C15H15BrFNS. The minimum absolute atomic E-state index is 0.152. The number of nitrogens with one attached hydrogen (secondary N) is 1. The maximum absolute atomic E-state index is 12.8. The molecule has 4 heteroatoms. The van der Waals surface area contributed by atoms with Crippen molar-refractivity contribution in [2.24, 2.45) is 0 Å². The Morgan fingerprint density at radius 1 is 1.26 bits per heavy atom. The highest BCUT2D eigenvalue weighted by molar-refractivity contribution is 9.10. The lowest BCUT2D eigenvalue weighted by atomic mass is 9.76. The number of hydrogen-bond donors (Lipinski definition) is 1. The molecule has 1 aromatic heterocycles. The molecule has 1 aliphatic carbocycles. The van der Waals surface area contributed by atoms with Crippen molar-refractivity contribution in [1.29, 1.82) is 0 Å². The van der Waals surface area contributed by atoms with Crippen LogP contribution in [0.4, 0.5) is 4.39 Å².